The van der Waals surface area contributed by atoms with Crippen LogP contribution in [0.2, 0.25) is 0 Å². The van der Waals surface area contributed by atoms with E-state index >= 15 is 0 Å². The Morgan fingerprint density at radius 3 is 2.44 bits per heavy atom. The molecule has 0 bridgehead atoms. The second kappa shape index (κ2) is 7.47. The Morgan fingerprint density at radius 2 is 1.84 bits per heavy atom. The van der Waals surface area contributed by atoms with Crippen LogP contribution in [0, 0.1) is 0 Å². The van der Waals surface area contributed by atoms with E-state index in [0.717, 1.165) is 0 Å². The number of hydrogen-bond acceptors (Lipinski definition) is 7. The number of rotatable bonds is 5. The number of esters is 1. The maximum atomic E-state index is 12.1. The van der Waals surface area contributed by atoms with Crippen LogP contribution >= 0.6 is 0 Å². The van der Waals surface area contributed by atoms with E-state index in [1.165, 1.54) is 0 Å². The van der Waals surface area contributed by atoms with Gasteiger partial charge in [0.15, 0.2) is 5.79 Å². The number of ether oxygens (including phenoxy) is 5. The average Bonchev–Trinajstić information content (AvgIpc) is 2.89. The highest BCUT2D eigenvalue weighted by molar-refractivity contribution is 5.70. The molecule has 8 nitrogen and oxygen atoms in total. The van der Waals surface area contributed by atoms with Gasteiger partial charge in [-0.1, -0.05) is 0 Å². The number of hydrogen-bond donors (Lipinski definition) is 1. The quantitative estimate of drug-likeness (QED) is 0.748. The zero-order valence-corrected chi connectivity index (χ0v) is 15.8. The Labute approximate surface area is 148 Å². The van der Waals surface area contributed by atoms with Crippen LogP contribution in [0.5, 0.6) is 0 Å². The molecule has 2 fully saturated rings. The Morgan fingerprint density at radius 1 is 1.20 bits per heavy atom. The van der Waals surface area contributed by atoms with Crippen molar-refractivity contribution in [2.24, 2.45) is 0 Å². The third kappa shape index (κ3) is 5.55. The topological polar surface area (TPSA) is 92.3 Å². The minimum Gasteiger partial charge on any atom is -0.464 e. The van der Waals surface area contributed by atoms with Crippen LogP contribution in [0.4, 0.5) is 4.79 Å². The number of carbonyl (C=O) groups excluding carboxylic acids is 2. The van der Waals surface area contributed by atoms with Gasteiger partial charge in [0.05, 0.1) is 18.8 Å². The molecule has 0 radical (unpaired) electrons. The summed E-state index contributed by atoms with van der Waals surface area (Å²) in [6, 6.07) is -0.325. The van der Waals surface area contributed by atoms with E-state index in [0.29, 0.717) is 13.0 Å². The van der Waals surface area contributed by atoms with Gasteiger partial charge in [0, 0.05) is 0 Å². The van der Waals surface area contributed by atoms with Gasteiger partial charge < -0.3 is 29.0 Å². The smallest absolute Gasteiger partial charge is 0.407 e. The predicted octanol–water partition coefficient (Wildman–Crippen LogP) is 1.75. The van der Waals surface area contributed by atoms with Gasteiger partial charge >= 0.3 is 12.1 Å². The molecule has 0 spiro atoms. The third-order valence-electron chi connectivity index (χ3n) is 3.84. The maximum Gasteiger partial charge on any atom is 0.407 e. The number of amides is 1. The van der Waals surface area contributed by atoms with Gasteiger partial charge in [0.25, 0.3) is 0 Å². The van der Waals surface area contributed by atoms with Crippen molar-refractivity contribution in [2.75, 3.05) is 13.2 Å². The molecule has 4 atom stereocenters. The second-order valence-electron chi connectivity index (χ2n) is 7.71. The van der Waals surface area contributed by atoms with E-state index in [-0.39, 0.29) is 31.0 Å². The highest BCUT2D eigenvalue weighted by atomic mass is 16.8. The van der Waals surface area contributed by atoms with E-state index in [1.807, 2.05) is 0 Å². The van der Waals surface area contributed by atoms with E-state index in [4.69, 9.17) is 23.7 Å². The van der Waals surface area contributed by atoms with Crippen LogP contribution < -0.4 is 5.32 Å². The summed E-state index contributed by atoms with van der Waals surface area (Å²) in [5.41, 5.74) is -0.589. The van der Waals surface area contributed by atoms with Gasteiger partial charge in [-0.15, -0.1) is 0 Å². The Bertz CT molecular complexity index is 500. The summed E-state index contributed by atoms with van der Waals surface area (Å²) in [5, 5.41) is 2.83. The molecular weight excluding hydrogens is 330 g/mol. The van der Waals surface area contributed by atoms with Crippen molar-refractivity contribution >= 4 is 12.1 Å². The largest absolute Gasteiger partial charge is 0.464 e. The molecule has 0 aromatic rings. The van der Waals surface area contributed by atoms with Gasteiger partial charge in [0.1, 0.15) is 24.4 Å². The lowest BCUT2D eigenvalue weighted by Gasteiger charge is -2.25. The lowest BCUT2D eigenvalue weighted by Crippen LogP contribution is -2.45. The number of carbonyl (C=O) groups is 2. The number of fused-ring (bicyclic) bond motifs is 1. The fourth-order valence-electron chi connectivity index (χ4n) is 3.08. The molecular formula is C17H29NO7. The van der Waals surface area contributed by atoms with Crippen molar-refractivity contribution in [2.45, 2.75) is 83.7 Å². The predicted molar refractivity (Wildman–Crippen MR) is 88.0 cm³/mol. The first-order valence-electron chi connectivity index (χ1n) is 8.63. The van der Waals surface area contributed by atoms with E-state index in [9.17, 15) is 9.59 Å². The van der Waals surface area contributed by atoms with Gasteiger partial charge in [-0.05, 0) is 48.0 Å². The van der Waals surface area contributed by atoms with Crippen LogP contribution in [0.3, 0.4) is 0 Å². The SMILES string of the molecule is CCOC(=O)CO[C@H]1C[C@@H](NC(=O)OC(C)(C)C)[C@@H]2OC(C)(C)O[C@@H]21. The molecule has 0 aromatic carbocycles. The molecule has 144 valence electrons. The number of alkyl carbamates (subject to hydrolysis) is 1. The molecule has 1 amide bonds. The normalized spacial score (nSPS) is 30.6. The summed E-state index contributed by atoms with van der Waals surface area (Å²) in [6.07, 6.45) is -1.17. The van der Waals surface area contributed by atoms with Gasteiger partial charge in [-0.25, -0.2) is 9.59 Å². The molecule has 2 aliphatic rings. The van der Waals surface area contributed by atoms with Crippen molar-refractivity contribution in [3.8, 4) is 0 Å². The molecule has 1 N–H and O–H groups in total. The lowest BCUT2D eigenvalue weighted by molar-refractivity contribution is -0.172. The molecule has 0 unspecified atom stereocenters. The first kappa shape index (κ1) is 19.9. The molecule has 8 heteroatoms. The van der Waals surface area contributed by atoms with Crippen LogP contribution in [0.1, 0.15) is 48.0 Å². The minimum atomic E-state index is -0.783. The Balaban J connectivity index is 1.99. The highest BCUT2D eigenvalue weighted by Crippen LogP contribution is 2.39. The summed E-state index contributed by atoms with van der Waals surface area (Å²) in [4.78, 5) is 23.6. The molecule has 1 aliphatic carbocycles. The van der Waals surface area contributed by atoms with E-state index < -0.39 is 23.5 Å². The molecule has 2 rings (SSSR count). The standard InChI is InChI=1S/C17H29NO7/c1-7-21-12(19)9-22-11-8-10(18-15(20)25-16(2,3)4)13-14(11)24-17(5,6)23-13/h10-11,13-14H,7-9H2,1-6H3,(H,18,20)/t10-,11+,13+,14-/m1/s1. The molecule has 25 heavy (non-hydrogen) atoms. The van der Waals surface area contributed by atoms with Crippen LogP contribution in [0.15, 0.2) is 0 Å². The van der Waals surface area contributed by atoms with Gasteiger partial charge in [-0.2, -0.15) is 0 Å². The van der Waals surface area contributed by atoms with Crippen LogP contribution in [-0.2, 0) is 28.5 Å². The summed E-state index contributed by atoms with van der Waals surface area (Å²) in [6.45, 7) is 10.9. The molecule has 1 saturated heterocycles. The summed E-state index contributed by atoms with van der Waals surface area (Å²) in [5.74, 6) is -1.21. The molecule has 0 aromatic heterocycles. The average molecular weight is 359 g/mol. The Kier molecular flexibility index (Phi) is 5.96. The number of nitrogens with one attached hydrogen (secondary N) is 1. The monoisotopic (exact) mass is 359 g/mol. The molecule has 1 saturated carbocycles. The van der Waals surface area contributed by atoms with E-state index in [1.54, 1.807) is 41.5 Å². The lowest BCUT2D eigenvalue weighted by atomic mass is 10.2. The van der Waals surface area contributed by atoms with E-state index in [2.05, 4.69) is 5.32 Å². The molecule has 1 aliphatic heterocycles. The van der Waals surface area contributed by atoms with Gasteiger partial charge in [0.2, 0.25) is 0 Å². The van der Waals surface area contributed by atoms with Crippen LogP contribution in [-0.4, -0.2) is 61.0 Å². The van der Waals surface area contributed by atoms with Crippen molar-refractivity contribution in [3.05, 3.63) is 0 Å². The van der Waals surface area contributed by atoms with Crippen molar-refractivity contribution in [1.82, 2.24) is 5.32 Å². The summed E-state index contributed by atoms with van der Waals surface area (Å²) < 4.78 is 27.7. The fourth-order valence-corrected chi connectivity index (χ4v) is 3.08. The van der Waals surface area contributed by atoms with Crippen LogP contribution in [0.25, 0.3) is 0 Å². The highest BCUT2D eigenvalue weighted by Gasteiger charge is 2.55. The zero-order chi connectivity index (χ0) is 18.8. The van der Waals surface area contributed by atoms with Gasteiger partial charge in [-0.3, -0.25) is 0 Å². The summed E-state index contributed by atoms with van der Waals surface area (Å²) >= 11 is 0. The first-order valence-corrected chi connectivity index (χ1v) is 8.63. The second-order valence-corrected chi connectivity index (χ2v) is 7.71. The summed E-state index contributed by atoms with van der Waals surface area (Å²) in [7, 11) is 0. The third-order valence-corrected chi connectivity index (χ3v) is 3.84. The minimum absolute atomic E-state index is 0.162. The van der Waals surface area contributed by atoms with Crippen molar-refractivity contribution < 1.29 is 33.3 Å². The fraction of sp³-hybridized carbons (Fsp3) is 0.882. The first-order chi connectivity index (χ1) is 11.5. The molecule has 1 heterocycles. The zero-order valence-electron chi connectivity index (χ0n) is 15.8. The van der Waals surface area contributed by atoms with Crippen molar-refractivity contribution in [1.29, 1.82) is 0 Å². The van der Waals surface area contributed by atoms with Crippen molar-refractivity contribution in [3.63, 3.8) is 0 Å². The maximum absolute atomic E-state index is 12.1. The Hall–Kier alpha value is -1.38.